The van der Waals surface area contributed by atoms with Crippen LogP contribution in [0.4, 0.5) is 10.6 Å². The van der Waals surface area contributed by atoms with E-state index in [-0.39, 0.29) is 5.82 Å². The average molecular weight is 262 g/mol. The molecule has 0 saturated carbocycles. The smallest absolute Gasteiger partial charge is 0.422 e. The van der Waals surface area contributed by atoms with E-state index < -0.39 is 22.4 Å². The second kappa shape index (κ2) is 5.04. The Labute approximate surface area is 98.9 Å². The fourth-order valence-electron chi connectivity index (χ4n) is 0.957. The number of rotatable bonds is 4. The van der Waals surface area contributed by atoms with Gasteiger partial charge in [-0.15, -0.1) is 0 Å². The van der Waals surface area contributed by atoms with Gasteiger partial charge in [-0.25, -0.2) is 9.52 Å². The third-order valence-electron chi connectivity index (χ3n) is 1.63. The molecule has 0 aliphatic heterocycles. The second-order valence-electron chi connectivity index (χ2n) is 3.59. The lowest BCUT2D eigenvalue weighted by Crippen LogP contribution is -2.37. The van der Waals surface area contributed by atoms with Crippen molar-refractivity contribution in [1.82, 2.24) is 14.9 Å². The predicted molar refractivity (Wildman–Crippen MR) is 60.6 cm³/mol. The van der Waals surface area contributed by atoms with E-state index in [4.69, 9.17) is 0 Å². The zero-order chi connectivity index (χ0) is 13.1. The number of carbonyl (C=O) groups excluding carboxylic acids is 1. The fourth-order valence-corrected chi connectivity index (χ4v) is 1.75. The van der Waals surface area contributed by atoms with E-state index in [2.05, 4.69) is 19.7 Å². The molecule has 0 atom stereocenters. The SMILES string of the molecule is Cc1cn[nH]c1NS(=O)(=O)NC(=O)OC(C)C. The van der Waals surface area contributed by atoms with Crippen LogP contribution in [0, 0.1) is 6.92 Å². The Balaban J connectivity index is 2.64. The van der Waals surface area contributed by atoms with Crippen LogP contribution in [-0.4, -0.2) is 30.8 Å². The summed E-state index contributed by atoms with van der Waals surface area (Å²) in [6, 6.07) is 0. The van der Waals surface area contributed by atoms with Crippen LogP contribution < -0.4 is 9.44 Å². The highest BCUT2D eigenvalue weighted by atomic mass is 32.2. The summed E-state index contributed by atoms with van der Waals surface area (Å²) in [4.78, 5) is 11.1. The minimum Gasteiger partial charge on any atom is -0.446 e. The molecule has 0 bridgehead atoms. The molecule has 0 radical (unpaired) electrons. The number of ether oxygens (including phenoxy) is 1. The lowest BCUT2D eigenvalue weighted by Gasteiger charge is -2.10. The van der Waals surface area contributed by atoms with E-state index in [0.29, 0.717) is 5.56 Å². The van der Waals surface area contributed by atoms with Crippen LogP contribution in [0.2, 0.25) is 0 Å². The first-order chi connectivity index (χ1) is 7.80. The fraction of sp³-hybridized carbons (Fsp3) is 0.500. The van der Waals surface area contributed by atoms with Gasteiger partial charge in [0.05, 0.1) is 12.3 Å². The summed E-state index contributed by atoms with van der Waals surface area (Å²) in [6.45, 7) is 4.88. The largest absolute Gasteiger partial charge is 0.446 e. The lowest BCUT2D eigenvalue weighted by atomic mass is 10.4. The van der Waals surface area contributed by atoms with E-state index >= 15 is 0 Å². The van der Waals surface area contributed by atoms with Crippen LogP contribution in [0.15, 0.2) is 6.20 Å². The van der Waals surface area contributed by atoms with Crippen molar-refractivity contribution in [2.75, 3.05) is 4.72 Å². The number of nitrogens with one attached hydrogen (secondary N) is 3. The van der Waals surface area contributed by atoms with E-state index in [1.54, 1.807) is 25.5 Å². The number of carbonyl (C=O) groups is 1. The lowest BCUT2D eigenvalue weighted by molar-refractivity contribution is 0.121. The van der Waals surface area contributed by atoms with Gasteiger partial charge in [-0.1, -0.05) is 0 Å². The number of H-pyrrole nitrogens is 1. The van der Waals surface area contributed by atoms with Crippen molar-refractivity contribution in [2.45, 2.75) is 26.9 Å². The van der Waals surface area contributed by atoms with Crippen molar-refractivity contribution in [3.63, 3.8) is 0 Å². The Kier molecular flexibility index (Phi) is 3.94. The summed E-state index contributed by atoms with van der Waals surface area (Å²) in [5, 5.41) is 6.08. The van der Waals surface area contributed by atoms with Crippen LogP contribution in [0.3, 0.4) is 0 Å². The van der Waals surface area contributed by atoms with Gasteiger partial charge in [0.2, 0.25) is 0 Å². The minimum absolute atomic E-state index is 0.190. The summed E-state index contributed by atoms with van der Waals surface area (Å²) in [7, 11) is -4.02. The first-order valence-electron chi connectivity index (χ1n) is 4.81. The van der Waals surface area contributed by atoms with E-state index in [1.807, 2.05) is 0 Å². The van der Waals surface area contributed by atoms with E-state index in [9.17, 15) is 13.2 Å². The van der Waals surface area contributed by atoms with Crippen LogP contribution in [-0.2, 0) is 14.9 Å². The molecule has 0 fully saturated rings. The molecule has 1 aromatic heterocycles. The molecule has 3 N–H and O–H groups in total. The Morgan fingerprint density at radius 3 is 2.65 bits per heavy atom. The number of aromatic nitrogens is 2. The number of hydrogen-bond donors (Lipinski definition) is 3. The normalized spacial score (nSPS) is 11.3. The highest BCUT2D eigenvalue weighted by Gasteiger charge is 2.17. The summed E-state index contributed by atoms with van der Waals surface area (Å²) < 4.78 is 31.4. The van der Waals surface area contributed by atoms with Crippen LogP contribution in [0.1, 0.15) is 19.4 Å². The van der Waals surface area contributed by atoms with Crippen molar-refractivity contribution >= 4 is 22.1 Å². The van der Waals surface area contributed by atoms with Crippen molar-refractivity contribution in [2.24, 2.45) is 0 Å². The Morgan fingerprint density at radius 1 is 1.53 bits per heavy atom. The van der Waals surface area contributed by atoms with Gasteiger partial charge < -0.3 is 4.74 Å². The zero-order valence-corrected chi connectivity index (χ0v) is 10.5. The molecule has 1 heterocycles. The molecule has 9 heteroatoms. The molecule has 8 nitrogen and oxygen atoms in total. The topological polar surface area (TPSA) is 113 Å². The summed E-state index contributed by atoms with van der Waals surface area (Å²) in [5.41, 5.74) is 0.604. The van der Waals surface area contributed by atoms with Crippen LogP contribution in [0.25, 0.3) is 0 Å². The molecule has 96 valence electrons. The van der Waals surface area contributed by atoms with Crippen molar-refractivity contribution in [1.29, 1.82) is 0 Å². The van der Waals surface area contributed by atoms with E-state index in [0.717, 1.165) is 0 Å². The molecular weight excluding hydrogens is 248 g/mol. The molecule has 0 unspecified atom stereocenters. The van der Waals surface area contributed by atoms with Crippen molar-refractivity contribution in [3.8, 4) is 0 Å². The standard InChI is InChI=1S/C8H14N4O4S/c1-5(2)16-8(13)12-17(14,15)11-7-6(3)4-9-10-7/h4-5H,1-3H3,(H,12,13)(H2,9,10,11). The summed E-state index contributed by atoms with van der Waals surface area (Å²) >= 11 is 0. The van der Waals surface area contributed by atoms with Gasteiger partial charge in [0.1, 0.15) is 5.82 Å². The number of nitrogens with zero attached hydrogens (tertiary/aromatic N) is 1. The molecule has 0 saturated heterocycles. The molecule has 0 aliphatic rings. The van der Waals surface area contributed by atoms with Gasteiger partial charge in [-0.3, -0.25) is 9.82 Å². The molecule has 17 heavy (non-hydrogen) atoms. The van der Waals surface area contributed by atoms with Crippen molar-refractivity contribution in [3.05, 3.63) is 11.8 Å². The Hall–Kier alpha value is -1.77. The molecule has 0 aromatic carbocycles. The summed E-state index contributed by atoms with van der Waals surface area (Å²) in [5.74, 6) is 0.190. The average Bonchev–Trinajstić information content (AvgIpc) is 2.47. The molecule has 0 aliphatic carbocycles. The van der Waals surface area contributed by atoms with Gasteiger partial charge >= 0.3 is 16.3 Å². The predicted octanol–water partition coefficient (Wildman–Crippen LogP) is 0.509. The Morgan fingerprint density at radius 2 is 2.18 bits per heavy atom. The monoisotopic (exact) mass is 262 g/mol. The first-order valence-corrected chi connectivity index (χ1v) is 6.29. The maximum absolute atomic E-state index is 11.5. The van der Waals surface area contributed by atoms with Crippen LogP contribution >= 0.6 is 0 Å². The van der Waals surface area contributed by atoms with E-state index in [1.165, 1.54) is 6.20 Å². The number of anilines is 1. The molecule has 1 rings (SSSR count). The van der Waals surface area contributed by atoms with Gasteiger partial charge in [-0.2, -0.15) is 13.5 Å². The quantitative estimate of drug-likeness (QED) is 0.731. The highest BCUT2D eigenvalue weighted by Crippen LogP contribution is 2.09. The number of aryl methyl sites for hydroxylation is 1. The third-order valence-corrected chi connectivity index (χ3v) is 2.53. The highest BCUT2D eigenvalue weighted by molar-refractivity contribution is 7.91. The van der Waals surface area contributed by atoms with Crippen molar-refractivity contribution < 1.29 is 17.9 Å². The molecule has 1 aromatic rings. The van der Waals surface area contributed by atoms with Crippen LogP contribution in [0.5, 0.6) is 0 Å². The second-order valence-corrected chi connectivity index (χ2v) is 5.00. The molecule has 0 spiro atoms. The maximum Gasteiger partial charge on any atom is 0.422 e. The third kappa shape index (κ3) is 4.31. The number of hydrogen-bond acceptors (Lipinski definition) is 5. The van der Waals surface area contributed by atoms with Gasteiger partial charge in [0, 0.05) is 5.56 Å². The number of amides is 1. The van der Waals surface area contributed by atoms with Gasteiger partial charge in [0.25, 0.3) is 0 Å². The van der Waals surface area contributed by atoms with Gasteiger partial charge in [0.15, 0.2) is 0 Å². The summed E-state index contributed by atoms with van der Waals surface area (Å²) in [6.07, 6.45) is 0.00774. The first kappa shape index (κ1) is 13.3. The van der Waals surface area contributed by atoms with Gasteiger partial charge in [-0.05, 0) is 20.8 Å². The maximum atomic E-state index is 11.5. The zero-order valence-electron chi connectivity index (χ0n) is 9.64. The Bertz CT molecular complexity index is 493. The molecular formula is C8H14N4O4S. The minimum atomic E-state index is -4.02. The number of aromatic amines is 1. The molecule has 1 amide bonds.